The molecule has 1 N–H and O–H groups in total. The van der Waals surface area contributed by atoms with Gasteiger partial charge in [0.15, 0.2) is 0 Å². The summed E-state index contributed by atoms with van der Waals surface area (Å²) in [6, 6.07) is 11.5. The van der Waals surface area contributed by atoms with E-state index in [-0.39, 0.29) is 11.9 Å². The topological polar surface area (TPSA) is 12.0 Å². The summed E-state index contributed by atoms with van der Waals surface area (Å²) in [4.78, 5) is 0. The lowest BCUT2D eigenvalue weighted by atomic mass is 10.1. The lowest BCUT2D eigenvalue weighted by Gasteiger charge is -2.15. The highest BCUT2D eigenvalue weighted by atomic mass is 35.5. The molecule has 0 saturated carbocycles. The normalized spacial score (nSPS) is 12.4. The van der Waals surface area contributed by atoms with Crippen LogP contribution >= 0.6 is 11.6 Å². The Bertz CT molecular complexity index is 610. The van der Waals surface area contributed by atoms with Gasteiger partial charge in [0.05, 0.1) is 0 Å². The molecule has 0 aliphatic carbocycles. The first kappa shape index (κ1) is 15.0. The number of halogens is 2. The molecule has 0 aromatic heterocycles. The minimum Gasteiger partial charge on any atom is -0.306 e. The molecule has 106 valence electrons. The Balaban J connectivity index is 2.02. The molecule has 0 fully saturated rings. The van der Waals surface area contributed by atoms with E-state index in [1.807, 2.05) is 38.1 Å². The van der Waals surface area contributed by atoms with E-state index >= 15 is 0 Å². The second-order valence-corrected chi connectivity index (χ2v) is 5.60. The highest BCUT2D eigenvalue weighted by molar-refractivity contribution is 6.31. The Morgan fingerprint density at radius 1 is 1.10 bits per heavy atom. The average Bonchev–Trinajstić information content (AvgIpc) is 2.43. The molecule has 0 spiro atoms. The maximum absolute atomic E-state index is 13.6. The minimum atomic E-state index is -0.158. The van der Waals surface area contributed by atoms with Crippen LogP contribution < -0.4 is 5.32 Å². The van der Waals surface area contributed by atoms with E-state index in [9.17, 15) is 4.39 Å². The molecule has 1 unspecified atom stereocenters. The molecule has 3 heteroatoms. The van der Waals surface area contributed by atoms with Crippen LogP contribution in [0.2, 0.25) is 5.02 Å². The number of nitrogens with one attached hydrogen (secondary N) is 1. The highest BCUT2D eigenvalue weighted by Gasteiger charge is 2.07. The number of benzene rings is 2. The summed E-state index contributed by atoms with van der Waals surface area (Å²) in [5.74, 6) is -0.158. The zero-order chi connectivity index (χ0) is 14.7. The summed E-state index contributed by atoms with van der Waals surface area (Å²) in [7, 11) is 0. The lowest BCUT2D eigenvalue weighted by Crippen LogP contribution is -2.18. The molecule has 20 heavy (non-hydrogen) atoms. The van der Waals surface area contributed by atoms with Gasteiger partial charge in [-0.15, -0.1) is 0 Å². The Morgan fingerprint density at radius 2 is 1.80 bits per heavy atom. The third-order valence-corrected chi connectivity index (χ3v) is 3.95. The highest BCUT2D eigenvalue weighted by Crippen LogP contribution is 2.19. The summed E-state index contributed by atoms with van der Waals surface area (Å²) >= 11 is 6.11. The Morgan fingerprint density at radius 3 is 2.45 bits per heavy atom. The first-order chi connectivity index (χ1) is 9.47. The number of rotatable bonds is 4. The van der Waals surface area contributed by atoms with Crippen molar-refractivity contribution in [1.29, 1.82) is 0 Å². The van der Waals surface area contributed by atoms with Crippen LogP contribution in [-0.4, -0.2) is 0 Å². The molecule has 2 aromatic rings. The summed E-state index contributed by atoms with van der Waals surface area (Å²) in [6.45, 7) is 6.49. The standard InChI is InChI=1S/C17H19ClFN/c1-11-4-6-14(8-16(11)18)10-20-13(3)15-7-5-12(2)17(19)9-15/h4-9,13,20H,10H2,1-3H3. The second-order valence-electron chi connectivity index (χ2n) is 5.19. The molecule has 2 rings (SSSR count). The fraction of sp³-hybridized carbons (Fsp3) is 0.294. The Labute approximate surface area is 124 Å². The van der Waals surface area contributed by atoms with Gasteiger partial charge in [-0.05, 0) is 55.2 Å². The molecule has 0 bridgehead atoms. The molecule has 0 heterocycles. The van der Waals surface area contributed by atoms with Crippen LogP contribution in [-0.2, 0) is 6.54 Å². The van der Waals surface area contributed by atoms with Gasteiger partial charge in [0.1, 0.15) is 5.82 Å². The van der Waals surface area contributed by atoms with Crippen molar-refractivity contribution < 1.29 is 4.39 Å². The fourth-order valence-electron chi connectivity index (χ4n) is 2.01. The average molecular weight is 292 g/mol. The molecule has 1 nitrogen and oxygen atoms in total. The van der Waals surface area contributed by atoms with Crippen molar-refractivity contribution in [3.63, 3.8) is 0 Å². The van der Waals surface area contributed by atoms with Crippen molar-refractivity contribution in [3.8, 4) is 0 Å². The van der Waals surface area contributed by atoms with Crippen LogP contribution in [0.3, 0.4) is 0 Å². The van der Waals surface area contributed by atoms with Crippen molar-refractivity contribution in [2.24, 2.45) is 0 Å². The van der Waals surface area contributed by atoms with Gasteiger partial charge in [0.25, 0.3) is 0 Å². The molecule has 0 saturated heterocycles. The molecular formula is C17H19ClFN. The molecule has 0 radical (unpaired) electrons. The van der Waals surface area contributed by atoms with Gasteiger partial charge in [-0.3, -0.25) is 0 Å². The SMILES string of the molecule is Cc1ccc(C(C)NCc2ccc(C)c(Cl)c2)cc1F. The first-order valence-electron chi connectivity index (χ1n) is 6.72. The van der Waals surface area contributed by atoms with Crippen LogP contribution in [0.1, 0.15) is 35.2 Å². The Kier molecular flexibility index (Phi) is 4.79. The molecule has 0 aliphatic rings. The predicted octanol–water partition coefficient (Wildman–Crippen LogP) is 4.95. The van der Waals surface area contributed by atoms with E-state index in [2.05, 4.69) is 11.4 Å². The van der Waals surface area contributed by atoms with Gasteiger partial charge in [0.2, 0.25) is 0 Å². The van der Waals surface area contributed by atoms with Crippen LogP contribution in [0.25, 0.3) is 0 Å². The summed E-state index contributed by atoms with van der Waals surface area (Å²) < 4.78 is 13.6. The zero-order valence-electron chi connectivity index (χ0n) is 12.0. The number of hydrogen-bond acceptors (Lipinski definition) is 1. The van der Waals surface area contributed by atoms with Gasteiger partial charge >= 0.3 is 0 Å². The van der Waals surface area contributed by atoms with E-state index in [4.69, 9.17) is 11.6 Å². The number of hydrogen-bond donors (Lipinski definition) is 1. The van der Waals surface area contributed by atoms with Crippen LogP contribution in [0, 0.1) is 19.7 Å². The third-order valence-electron chi connectivity index (χ3n) is 3.54. The fourth-order valence-corrected chi connectivity index (χ4v) is 2.22. The van der Waals surface area contributed by atoms with Crippen molar-refractivity contribution in [1.82, 2.24) is 5.32 Å². The molecule has 0 aliphatic heterocycles. The molecular weight excluding hydrogens is 273 g/mol. The molecule has 2 aromatic carbocycles. The van der Waals surface area contributed by atoms with E-state index < -0.39 is 0 Å². The van der Waals surface area contributed by atoms with E-state index in [1.165, 1.54) is 0 Å². The first-order valence-corrected chi connectivity index (χ1v) is 7.09. The largest absolute Gasteiger partial charge is 0.306 e. The monoisotopic (exact) mass is 291 g/mol. The van der Waals surface area contributed by atoms with Gasteiger partial charge in [-0.25, -0.2) is 4.39 Å². The molecule has 0 amide bonds. The van der Waals surface area contributed by atoms with Gasteiger partial charge in [-0.1, -0.05) is 35.9 Å². The van der Waals surface area contributed by atoms with E-state index in [1.54, 1.807) is 13.0 Å². The predicted molar refractivity (Wildman–Crippen MR) is 82.6 cm³/mol. The van der Waals surface area contributed by atoms with E-state index in [0.717, 1.165) is 21.7 Å². The second kappa shape index (κ2) is 6.38. The van der Waals surface area contributed by atoms with Gasteiger partial charge < -0.3 is 5.32 Å². The Hall–Kier alpha value is -1.38. The van der Waals surface area contributed by atoms with Crippen molar-refractivity contribution in [2.45, 2.75) is 33.4 Å². The molecule has 1 atom stereocenters. The third kappa shape index (κ3) is 3.59. The van der Waals surface area contributed by atoms with Crippen molar-refractivity contribution in [2.75, 3.05) is 0 Å². The summed E-state index contributed by atoms with van der Waals surface area (Å²) in [5.41, 5.74) is 3.82. The maximum Gasteiger partial charge on any atom is 0.126 e. The summed E-state index contributed by atoms with van der Waals surface area (Å²) in [5, 5.41) is 4.16. The smallest absolute Gasteiger partial charge is 0.126 e. The van der Waals surface area contributed by atoms with Crippen molar-refractivity contribution >= 4 is 11.6 Å². The van der Waals surface area contributed by atoms with Gasteiger partial charge in [-0.2, -0.15) is 0 Å². The number of aryl methyl sites for hydroxylation is 2. The van der Waals surface area contributed by atoms with Crippen LogP contribution in [0.4, 0.5) is 4.39 Å². The summed E-state index contributed by atoms with van der Waals surface area (Å²) in [6.07, 6.45) is 0. The van der Waals surface area contributed by atoms with Crippen molar-refractivity contribution in [3.05, 3.63) is 69.5 Å². The van der Waals surface area contributed by atoms with Gasteiger partial charge in [0, 0.05) is 17.6 Å². The van der Waals surface area contributed by atoms with E-state index in [0.29, 0.717) is 12.1 Å². The van der Waals surface area contributed by atoms with Crippen LogP contribution in [0.15, 0.2) is 36.4 Å². The lowest BCUT2D eigenvalue weighted by molar-refractivity contribution is 0.563. The quantitative estimate of drug-likeness (QED) is 0.841. The zero-order valence-corrected chi connectivity index (χ0v) is 12.8. The minimum absolute atomic E-state index is 0.0881. The maximum atomic E-state index is 13.6. The van der Waals surface area contributed by atoms with Crippen LogP contribution in [0.5, 0.6) is 0 Å².